The summed E-state index contributed by atoms with van der Waals surface area (Å²) in [5.74, 6) is 1.94. The average Bonchev–Trinajstić information content (AvgIpc) is 2.99. The van der Waals surface area contributed by atoms with Gasteiger partial charge in [0.2, 0.25) is 5.95 Å². The molecule has 5 heteroatoms. The lowest BCUT2D eigenvalue weighted by Gasteiger charge is -2.42. The molecule has 0 radical (unpaired) electrons. The summed E-state index contributed by atoms with van der Waals surface area (Å²) in [6.45, 7) is 4.82. The molecule has 4 rings (SSSR count). The molecule has 1 aromatic rings. The molecule has 1 aliphatic carbocycles. The van der Waals surface area contributed by atoms with E-state index in [1.807, 2.05) is 6.20 Å². The smallest absolute Gasteiger partial charge is 0.224 e. The molecule has 2 atom stereocenters. The molecule has 2 saturated heterocycles. The Labute approximate surface area is 158 Å². The Hall–Kier alpha value is -1.36. The van der Waals surface area contributed by atoms with Crippen LogP contribution < -0.4 is 10.2 Å². The van der Waals surface area contributed by atoms with Crippen LogP contribution in [0.1, 0.15) is 70.6 Å². The molecule has 26 heavy (non-hydrogen) atoms. The Morgan fingerprint density at radius 2 is 1.50 bits per heavy atom. The zero-order valence-electron chi connectivity index (χ0n) is 16.2. The fourth-order valence-corrected chi connectivity index (χ4v) is 5.03. The average molecular weight is 358 g/mol. The van der Waals surface area contributed by atoms with Gasteiger partial charge in [-0.1, -0.05) is 32.1 Å². The van der Waals surface area contributed by atoms with Crippen LogP contribution in [0.2, 0.25) is 0 Å². The second-order valence-electron chi connectivity index (χ2n) is 8.34. The van der Waals surface area contributed by atoms with E-state index in [0.717, 1.165) is 24.9 Å². The Bertz CT molecular complexity index is 549. The lowest BCUT2D eigenvalue weighted by Crippen LogP contribution is -2.50. The zero-order chi connectivity index (χ0) is 17.6. The minimum absolute atomic E-state index is 0.501. The molecule has 1 saturated carbocycles. The molecule has 0 unspecified atom stereocenters. The van der Waals surface area contributed by atoms with Crippen LogP contribution in [0.4, 0.5) is 11.8 Å². The van der Waals surface area contributed by atoms with Gasteiger partial charge in [0.1, 0.15) is 5.82 Å². The first-order valence-corrected chi connectivity index (χ1v) is 11.0. The van der Waals surface area contributed by atoms with Crippen LogP contribution in [0, 0.1) is 0 Å². The number of piperidine rings is 1. The van der Waals surface area contributed by atoms with Gasteiger partial charge >= 0.3 is 0 Å². The van der Waals surface area contributed by atoms with Gasteiger partial charge in [-0.05, 0) is 57.7 Å². The summed E-state index contributed by atoms with van der Waals surface area (Å²) in [5, 5.41) is 3.73. The number of hydrogen-bond donors (Lipinski definition) is 1. The topological polar surface area (TPSA) is 44.3 Å². The molecule has 3 aliphatic rings. The highest BCUT2D eigenvalue weighted by atomic mass is 15.3. The van der Waals surface area contributed by atoms with E-state index in [4.69, 9.17) is 4.98 Å². The molecule has 0 spiro atoms. The van der Waals surface area contributed by atoms with Crippen molar-refractivity contribution in [1.29, 1.82) is 0 Å². The third-order valence-electron chi connectivity index (χ3n) is 6.47. The van der Waals surface area contributed by atoms with Crippen LogP contribution in [-0.2, 0) is 0 Å². The summed E-state index contributed by atoms with van der Waals surface area (Å²) in [7, 11) is 0. The SMILES string of the molecule is c1cc(N2CCCCCC2)nc(N[C@@H]2CCCC[C@H]2N2CCCCC2)n1. The summed E-state index contributed by atoms with van der Waals surface area (Å²) < 4.78 is 0. The normalized spacial score (nSPS) is 28.5. The summed E-state index contributed by atoms with van der Waals surface area (Å²) in [6.07, 6.45) is 16.6. The monoisotopic (exact) mass is 357 g/mol. The van der Waals surface area contributed by atoms with Crippen LogP contribution >= 0.6 is 0 Å². The van der Waals surface area contributed by atoms with Gasteiger partial charge < -0.3 is 10.2 Å². The molecule has 0 amide bonds. The third-order valence-corrected chi connectivity index (χ3v) is 6.47. The van der Waals surface area contributed by atoms with Crippen molar-refractivity contribution >= 4 is 11.8 Å². The largest absolute Gasteiger partial charge is 0.356 e. The van der Waals surface area contributed by atoms with E-state index in [9.17, 15) is 0 Å². The molecule has 0 bridgehead atoms. The number of rotatable bonds is 4. The summed E-state index contributed by atoms with van der Waals surface area (Å²) in [5.41, 5.74) is 0. The molecular formula is C21H35N5. The van der Waals surface area contributed by atoms with Crippen LogP contribution in [0.3, 0.4) is 0 Å². The van der Waals surface area contributed by atoms with Crippen molar-refractivity contribution in [1.82, 2.24) is 14.9 Å². The summed E-state index contributed by atoms with van der Waals surface area (Å²) in [6, 6.07) is 3.25. The number of nitrogens with zero attached hydrogens (tertiary/aromatic N) is 4. The predicted octanol–water partition coefficient (Wildman–Crippen LogP) is 4.07. The van der Waals surface area contributed by atoms with E-state index < -0.39 is 0 Å². The van der Waals surface area contributed by atoms with Gasteiger partial charge in [0, 0.05) is 31.4 Å². The second kappa shape index (κ2) is 9.03. The molecular weight excluding hydrogens is 322 g/mol. The predicted molar refractivity (Wildman–Crippen MR) is 108 cm³/mol. The maximum atomic E-state index is 4.90. The standard InChI is InChI=1S/C21H35N5/c1-2-7-17-26(16-6-1)20-12-13-22-21(24-20)23-18-10-4-5-11-19(18)25-14-8-3-9-15-25/h12-13,18-19H,1-11,14-17H2,(H,22,23,24)/t18-,19-/m1/s1. The van der Waals surface area contributed by atoms with Crippen LogP contribution in [0.25, 0.3) is 0 Å². The van der Waals surface area contributed by atoms with Gasteiger partial charge in [0.15, 0.2) is 0 Å². The maximum Gasteiger partial charge on any atom is 0.224 e. The fraction of sp³-hybridized carbons (Fsp3) is 0.810. The lowest BCUT2D eigenvalue weighted by atomic mass is 9.88. The van der Waals surface area contributed by atoms with Gasteiger partial charge in [-0.25, -0.2) is 4.98 Å². The summed E-state index contributed by atoms with van der Waals surface area (Å²) in [4.78, 5) is 14.6. The quantitative estimate of drug-likeness (QED) is 0.880. The maximum absolute atomic E-state index is 4.90. The first-order chi connectivity index (χ1) is 12.9. The van der Waals surface area contributed by atoms with Gasteiger partial charge in [0.25, 0.3) is 0 Å². The molecule has 0 aromatic carbocycles. The summed E-state index contributed by atoms with van der Waals surface area (Å²) >= 11 is 0. The molecule has 1 N–H and O–H groups in total. The second-order valence-corrected chi connectivity index (χ2v) is 8.34. The first-order valence-electron chi connectivity index (χ1n) is 11.0. The first kappa shape index (κ1) is 18.0. The Kier molecular flexibility index (Phi) is 6.26. The van der Waals surface area contributed by atoms with Crippen molar-refractivity contribution in [3.63, 3.8) is 0 Å². The van der Waals surface area contributed by atoms with Crippen molar-refractivity contribution < 1.29 is 0 Å². The van der Waals surface area contributed by atoms with Crippen molar-refractivity contribution in [2.24, 2.45) is 0 Å². The minimum atomic E-state index is 0.501. The van der Waals surface area contributed by atoms with E-state index in [1.54, 1.807) is 0 Å². The number of likely N-dealkylation sites (tertiary alicyclic amines) is 1. The van der Waals surface area contributed by atoms with Gasteiger partial charge in [-0.15, -0.1) is 0 Å². The number of hydrogen-bond acceptors (Lipinski definition) is 5. The fourth-order valence-electron chi connectivity index (χ4n) is 5.03. The van der Waals surface area contributed by atoms with Crippen molar-refractivity contribution in [3.05, 3.63) is 12.3 Å². The minimum Gasteiger partial charge on any atom is -0.356 e. The van der Waals surface area contributed by atoms with E-state index in [2.05, 4.69) is 26.2 Å². The van der Waals surface area contributed by atoms with Crippen LogP contribution in [0.15, 0.2) is 12.3 Å². The van der Waals surface area contributed by atoms with Crippen LogP contribution in [-0.4, -0.2) is 53.1 Å². The van der Waals surface area contributed by atoms with Crippen molar-refractivity contribution in [3.8, 4) is 0 Å². The highest BCUT2D eigenvalue weighted by molar-refractivity contribution is 5.43. The number of anilines is 2. The zero-order valence-corrected chi connectivity index (χ0v) is 16.2. The van der Waals surface area contributed by atoms with Gasteiger partial charge in [-0.3, -0.25) is 4.90 Å². The van der Waals surface area contributed by atoms with E-state index >= 15 is 0 Å². The Morgan fingerprint density at radius 3 is 2.31 bits per heavy atom. The molecule has 3 fully saturated rings. The number of nitrogens with one attached hydrogen (secondary N) is 1. The third kappa shape index (κ3) is 4.48. The van der Waals surface area contributed by atoms with E-state index in [-0.39, 0.29) is 0 Å². The van der Waals surface area contributed by atoms with E-state index in [1.165, 1.54) is 83.7 Å². The molecule has 3 heterocycles. The Morgan fingerprint density at radius 1 is 0.808 bits per heavy atom. The van der Waals surface area contributed by atoms with Gasteiger partial charge in [0.05, 0.1) is 0 Å². The highest BCUT2D eigenvalue weighted by Gasteiger charge is 2.31. The number of aromatic nitrogens is 2. The lowest BCUT2D eigenvalue weighted by molar-refractivity contribution is 0.120. The molecule has 144 valence electrons. The van der Waals surface area contributed by atoms with Crippen molar-refractivity contribution in [2.75, 3.05) is 36.4 Å². The molecule has 5 nitrogen and oxygen atoms in total. The van der Waals surface area contributed by atoms with Crippen molar-refractivity contribution in [2.45, 2.75) is 82.7 Å². The van der Waals surface area contributed by atoms with E-state index in [0.29, 0.717) is 12.1 Å². The molecule has 1 aromatic heterocycles. The van der Waals surface area contributed by atoms with Gasteiger partial charge in [-0.2, -0.15) is 4.98 Å². The highest BCUT2D eigenvalue weighted by Crippen LogP contribution is 2.28. The Balaban J connectivity index is 1.44. The molecule has 2 aliphatic heterocycles. The van der Waals surface area contributed by atoms with Crippen LogP contribution in [0.5, 0.6) is 0 Å².